The maximum absolute atomic E-state index is 11.6. The zero-order valence-corrected chi connectivity index (χ0v) is 9.44. The van der Waals surface area contributed by atoms with Gasteiger partial charge in [-0.15, -0.1) is 0 Å². The molecule has 88 valence electrons. The maximum Gasteiger partial charge on any atom is 0.255 e. The topological polar surface area (TPSA) is 75.3 Å². The molecule has 0 aromatic heterocycles. The fourth-order valence-corrected chi connectivity index (χ4v) is 1.34. The molecular weight excluding hydrogens is 204 g/mol. The second kappa shape index (κ2) is 6.12. The highest BCUT2D eigenvalue weighted by atomic mass is 16.3. The van der Waals surface area contributed by atoms with Gasteiger partial charge >= 0.3 is 0 Å². The van der Waals surface area contributed by atoms with Crippen molar-refractivity contribution in [2.24, 2.45) is 5.73 Å². The fraction of sp³-hybridized carbons (Fsp3) is 0.417. The third-order valence-electron chi connectivity index (χ3n) is 2.47. The number of phenolic OH excluding ortho intramolecular Hbond substituents is 1. The molecule has 0 radical (unpaired) electrons. The molecule has 4 N–H and O–H groups in total. The van der Waals surface area contributed by atoms with Crippen molar-refractivity contribution in [2.45, 2.75) is 25.8 Å². The average molecular weight is 222 g/mol. The van der Waals surface area contributed by atoms with Gasteiger partial charge in [-0.2, -0.15) is 0 Å². The lowest BCUT2D eigenvalue weighted by Crippen LogP contribution is -2.30. The van der Waals surface area contributed by atoms with Crippen molar-refractivity contribution in [3.63, 3.8) is 0 Å². The van der Waals surface area contributed by atoms with E-state index in [-0.39, 0.29) is 17.7 Å². The smallest absolute Gasteiger partial charge is 0.255 e. The molecule has 0 aliphatic rings. The van der Waals surface area contributed by atoms with Crippen LogP contribution in [-0.4, -0.2) is 23.6 Å². The average Bonchev–Trinajstić information content (AvgIpc) is 2.29. The second-order valence-electron chi connectivity index (χ2n) is 3.73. The minimum atomic E-state index is -0.263. The van der Waals surface area contributed by atoms with Crippen molar-refractivity contribution >= 4 is 5.91 Å². The van der Waals surface area contributed by atoms with Crippen LogP contribution in [0.4, 0.5) is 0 Å². The summed E-state index contributed by atoms with van der Waals surface area (Å²) in [7, 11) is 0. The van der Waals surface area contributed by atoms with Crippen LogP contribution in [0.5, 0.6) is 5.75 Å². The number of benzene rings is 1. The molecule has 0 saturated carbocycles. The van der Waals surface area contributed by atoms with E-state index in [2.05, 4.69) is 5.32 Å². The van der Waals surface area contributed by atoms with Crippen LogP contribution in [-0.2, 0) is 0 Å². The Labute approximate surface area is 95.5 Å². The molecular formula is C12H18N2O2. The molecule has 0 aliphatic heterocycles. The molecule has 1 amide bonds. The van der Waals surface area contributed by atoms with Gasteiger partial charge in [0, 0.05) is 12.6 Å². The van der Waals surface area contributed by atoms with Gasteiger partial charge in [-0.25, -0.2) is 0 Å². The first kappa shape index (κ1) is 12.5. The third-order valence-corrected chi connectivity index (χ3v) is 2.47. The second-order valence-corrected chi connectivity index (χ2v) is 3.73. The molecule has 1 aromatic carbocycles. The summed E-state index contributed by atoms with van der Waals surface area (Å²) in [6.45, 7) is 2.54. The van der Waals surface area contributed by atoms with E-state index in [4.69, 9.17) is 5.73 Å². The number of carbonyl (C=O) groups is 1. The SMILES string of the molecule is CCC(N)CCNC(=O)c1ccccc1O. The Kier molecular flexibility index (Phi) is 4.79. The lowest BCUT2D eigenvalue weighted by molar-refractivity contribution is 0.0950. The van der Waals surface area contributed by atoms with Crippen LogP contribution in [0.15, 0.2) is 24.3 Å². The molecule has 4 heteroatoms. The summed E-state index contributed by atoms with van der Waals surface area (Å²) >= 11 is 0. The van der Waals surface area contributed by atoms with Crippen molar-refractivity contribution in [3.8, 4) is 5.75 Å². The lowest BCUT2D eigenvalue weighted by atomic mass is 10.1. The number of aromatic hydroxyl groups is 1. The molecule has 4 nitrogen and oxygen atoms in total. The highest BCUT2D eigenvalue weighted by molar-refractivity contribution is 5.96. The molecule has 0 saturated heterocycles. The Bertz CT molecular complexity index is 353. The summed E-state index contributed by atoms with van der Waals surface area (Å²) in [5.74, 6) is -0.263. The number of nitrogens with one attached hydrogen (secondary N) is 1. The number of para-hydroxylation sites is 1. The van der Waals surface area contributed by atoms with E-state index in [0.29, 0.717) is 12.1 Å². The molecule has 0 aliphatic carbocycles. The predicted octanol–water partition coefficient (Wildman–Crippen LogP) is 1.25. The molecule has 1 unspecified atom stereocenters. The number of hydrogen-bond donors (Lipinski definition) is 3. The zero-order valence-electron chi connectivity index (χ0n) is 9.44. The molecule has 0 heterocycles. The quantitative estimate of drug-likeness (QED) is 0.701. The first-order valence-electron chi connectivity index (χ1n) is 5.47. The first-order valence-corrected chi connectivity index (χ1v) is 5.47. The maximum atomic E-state index is 11.6. The summed E-state index contributed by atoms with van der Waals surface area (Å²) in [5, 5.41) is 12.2. The third kappa shape index (κ3) is 3.55. The normalized spacial score (nSPS) is 12.1. The highest BCUT2D eigenvalue weighted by Crippen LogP contribution is 2.14. The fourth-order valence-electron chi connectivity index (χ4n) is 1.34. The van der Waals surface area contributed by atoms with Crippen LogP contribution in [0.2, 0.25) is 0 Å². The van der Waals surface area contributed by atoms with Crippen LogP contribution in [0.25, 0.3) is 0 Å². The van der Waals surface area contributed by atoms with E-state index < -0.39 is 0 Å². The standard InChI is InChI=1S/C12H18N2O2/c1-2-9(13)7-8-14-12(16)10-5-3-4-6-11(10)15/h3-6,9,15H,2,7-8,13H2,1H3,(H,14,16). The first-order chi connectivity index (χ1) is 7.65. The predicted molar refractivity (Wildman–Crippen MR) is 63.3 cm³/mol. The summed E-state index contributed by atoms with van der Waals surface area (Å²) in [6, 6.07) is 6.59. The van der Waals surface area contributed by atoms with Crippen molar-refractivity contribution < 1.29 is 9.90 Å². The number of nitrogens with two attached hydrogens (primary N) is 1. The monoisotopic (exact) mass is 222 g/mol. The molecule has 1 atom stereocenters. The number of carbonyl (C=O) groups excluding carboxylic acids is 1. The van der Waals surface area contributed by atoms with Crippen molar-refractivity contribution in [1.29, 1.82) is 0 Å². The number of amides is 1. The highest BCUT2D eigenvalue weighted by Gasteiger charge is 2.09. The number of phenols is 1. The van der Waals surface area contributed by atoms with E-state index in [9.17, 15) is 9.90 Å². The number of rotatable bonds is 5. The largest absolute Gasteiger partial charge is 0.507 e. The van der Waals surface area contributed by atoms with Crippen LogP contribution >= 0.6 is 0 Å². The van der Waals surface area contributed by atoms with Crippen LogP contribution in [0.3, 0.4) is 0 Å². The number of hydrogen-bond acceptors (Lipinski definition) is 3. The van der Waals surface area contributed by atoms with Crippen LogP contribution in [0.1, 0.15) is 30.1 Å². The summed E-state index contributed by atoms with van der Waals surface area (Å²) in [6.07, 6.45) is 1.64. The molecule has 1 aromatic rings. The Morgan fingerprint density at radius 1 is 1.50 bits per heavy atom. The molecule has 0 spiro atoms. The minimum absolute atomic E-state index is 0.000194. The van der Waals surface area contributed by atoms with Gasteiger partial charge in [0.1, 0.15) is 5.75 Å². The van der Waals surface area contributed by atoms with Gasteiger partial charge in [0.15, 0.2) is 0 Å². The van der Waals surface area contributed by atoms with E-state index in [1.165, 1.54) is 6.07 Å². The van der Waals surface area contributed by atoms with Crippen molar-refractivity contribution in [1.82, 2.24) is 5.32 Å². The van der Waals surface area contributed by atoms with E-state index in [1.54, 1.807) is 18.2 Å². The Morgan fingerprint density at radius 2 is 2.19 bits per heavy atom. The van der Waals surface area contributed by atoms with Gasteiger partial charge in [-0.3, -0.25) is 4.79 Å². The van der Waals surface area contributed by atoms with Gasteiger partial charge in [0.05, 0.1) is 5.56 Å². The van der Waals surface area contributed by atoms with Gasteiger partial charge in [0.25, 0.3) is 5.91 Å². The summed E-state index contributed by atoms with van der Waals surface area (Å²) in [5.41, 5.74) is 6.03. The molecule has 0 bridgehead atoms. The van der Waals surface area contributed by atoms with Crippen LogP contribution in [0, 0.1) is 0 Å². The van der Waals surface area contributed by atoms with Crippen molar-refractivity contribution in [2.75, 3.05) is 6.54 Å². The molecule has 16 heavy (non-hydrogen) atoms. The Morgan fingerprint density at radius 3 is 2.81 bits per heavy atom. The van der Waals surface area contributed by atoms with Gasteiger partial charge in [-0.1, -0.05) is 19.1 Å². The molecule has 1 rings (SSSR count). The van der Waals surface area contributed by atoms with E-state index >= 15 is 0 Å². The summed E-state index contributed by atoms with van der Waals surface area (Å²) in [4.78, 5) is 11.6. The van der Waals surface area contributed by atoms with Gasteiger partial charge in [-0.05, 0) is 25.0 Å². The molecule has 0 fully saturated rings. The summed E-state index contributed by atoms with van der Waals surface area (Å²) < 4.78 is 0. The van der Waals surface area contributed by atoms with E-state index in [1.807, 2.05) is 6.92 Å². The Balaban J connectivity index is 2.44. The Hall–Kier alpha value is -1.55. The van der Waals surface area contributed by atoms with E-state index in [0.717, 1.165) is 12.8 Å². The lowest BCUT2D eigenvalue weighted by Gasteiger charge is -2.10. The van der Waals surface area contributed by atoms with Crippen LogP contribution < -0.4 is 11.1 Å². The zero-order chi connectivity index (χ0) is 12.0. The van der Waals surface area contributed by atoms with Crippen molar-refractivity contribution in [3.05, 3.63) is 29.8 Å². The van der Waals surface area contributed by atoms with Gasteiger partial charge in [0.2, 0.25) is 0 Å². The van der Waals surface area contributed by atoms with Gasteiger partial charge < -0.3 is 16.2 Å². The minimum Gasteiger partial charge on any atom is -0.507 e.